The third-order valence-electron chi connectivity index (χ3n) is 3.98. The molecule has 0 aliphatic carbocycles. The standard InChI is InChI=1S/C15H21BrN2O3S/c1-17(14-7-8-22(20,21)11-14)10-15(19)18(2)9-12-3-5-13(16)6-4-12/h3-6,14H,7-11H2,1-2H3. The highest BCUT2D eigenvalue weighted by molar-refractivity contribution is 9.10. The Balaban J connectivity index is 1.87. The Hall–Kier alpha value is -0.920. The highest BCUT2D eigenvalue weighted by Gasteiger charge is 2.31. The number of halogens is 1. The van der Waals surface area contributed by atoms with E-state index in [9.17, 15) is 13.2 Å². The summed E-state index contributed by atoms with van der Waals surface area (Å²) in [5.41, 5.74) is 1.06. The van der Waals surface area contributed by atoms with E-state index in [1.54, 1.807) is 11.9 Å². The Kier molecular flexibility index (Phi) is 5.63. The molecule has 0 bridgehead atoms. The van der Waals surface area contributed by atoms with Crippen LogP contribution in [0.2, 0.25) is 0 Å². The minimum Gasteiger partial charge on any atom is -0.340 e. The van der Waals surface area contributed by atoms with Crippen molar-refractivity contribution in [3.05, 3.63) is 34.3 Å². The Morgan fingerprint density at radius 3 is 2.45 bits per heavy atom. The number of amides is 1. The molecule has 1 aliphatic heterocycles. The highest BCUT2D eigenvalue weighted by Crippen LogP contribution is 2.17. The van der Waals surface area contributed by atoms with Crippen molar-refractivity contribution in [2.75, 3.05) is 32.1 Å². The van der Waals surface area contributed by atoms with Crippen LogP contribution in [0.25, 0.3) is 0 Å². The number of sulfone groups is 1. The first-order valence-electron chi connectivity index (χ1n) is 7.16. The Morgan fingerprint density at radius 2 is 1.91 bits per heavy atom. The van der Waals surface area contributed by atoms with E-state index in [1.165, 1.54) is 0 Å². The van der Waals surface area contributed by atoms with Crippen molar-refractivity contribution in [1.82, 2.24) is 9.80 Å². The minimum absolute atomic E-state index is 0.00489. The summed E-state index contributed by atoms with van der Waals surface area (Å²) in [7, 11) is 0.664. The third-order valence-corrected chi connectivity index (χ3v) is 6.25. The van der Waals surface area contributed by atoms with Crippen molar-refractivity contribution >= 4 is 31.7 Å². The average molecular weight is 389 g/mol. The zero-order chi connectivity index (χ0) is 16.3. The quantitative estimate of drug-likeness (QED) is 0.767. The Labute approximate surface area is 140 Å². The predicted octanol–water partition coefficient (Wildman–Crippen LogP) is 1.53. The first-order chi connectivity index (χ1) is 10.3. The van der Waals surface area contributed by atoms with Crippen molar-refractivity contribution in [3.8, 4) is 0 Å². The van der Waals surface area contributed by atoms with E-state index >= 15 is 0 Å². The minimum atomic E-state index is -2.92. The third kappa shape index (κ3) is 4.79. The molecule has 0 radical (unpaired) electrons. The summed E-state index contributed by atoms with van der Waals surface area (Å²) in [6, 6.07) is 7.80. The van der Waals surface area contributed by atoms with Gasteiger partial charge >= 0.3 is 0 Å². The van der Waals surface area contributed by atoms with Gasteiger partial charge in [-0.15, -0.1) is 0 Å². The van der Waals surface area contributed by atoms with Gasteiger partial charge in [-0.3, -0.25) is 9.69 Å². The zero-order valence-corrected chi connectivity index (χ0v) is 15.2. The second-order valence-electron chi connectivity index (χ2n) is 5.85. The van der Waals surface area contributed by atoms with Crippen LogP contribution in [0.1, 0.15) is 12.0 Å². The van der Waals surface area contributed by atoms with Crippen LogP contribution < -0.4 is 0 Å². The SMILES string of the molecule is CN(Cc1ccc(Br)cc1)C(=O)CN(C)C1CCS(=O)(=O)C1. The second kappa shape index (κ2) is 7.10. The fraction of sp³-hybridized carbons (Fsp3) is 0.533. The topological polar surface area (TPSA) is 57.7 Å². The van der Waals surface area contributed by atoms with E-state index in [0.717, 1.165) is 10.0 Å². The number of nitrogens with zero attached hydrogens (tertiary/aromatic N) is 2. The maximum atomic E-state index is 12.3. The molecule has 2 rings (SSSR count). The maximum Gasteiger partial charge on any atom is 0.236 e. The van der Waals surface area contributed by atoms with Crippen molar-refractivity contribution < 1.29 is 13.2 Å². The zero-order valence-electron chi connectivity index (χ0n) is 12.8. The molecule has 1 amide bonds. The Morgan fingerprint density at radius 1 is 1.27 bits per heavy atom. The van der Waals surface area contributed by atoms with E-state index in [-0.39, 0.29) is 30.0 Å². The van der Waals surface area contributed by atoms with Gasteiger partial charge in [0.15, 0.2) is 9.84 Å². The normalized spacial score (nSPS) is 20.3. The molecule has 0 aromatic heterocycles. The molecule has 1 aliphatic rings. The van der Waals surface area contributed by atoms with Gasteiger partial charge in [-0.1, -0.05) is 28.1 Å². The molecular formula is C15H21BrN2O3S. The van der Waals surface area contributed by atoms with E-state index in [0.29, 0.717) is 13.0 Å². The summed E-state index contributed by atoms with van der Waals surface area (Å²) in [4.78, 5) is 15.8. The fourth-order valence-corrected chi connectivity index (χ4v) is 4.61. The van der Waals surface area contributed by atoms with Crippen molar-refractivity contribution in [1.29, 1.82) is 0 Å². The molecule has 0 saturated carbocycles. The van der Waals surface area contributed by atoms with Crippen LogP contribution in [-0.2, 0) is 21.2 Å². The van der Waals surface area contributed by atoms with E-state index in [1.807, 2.05) is 36.2 Å². The summed E-state index contributed by atoms with van der Waals surface area (Å²) in [5, 5.41) is 0. The van der Waals surface area contributed by atoms with Gasteiger partial charge in [-0.05, 0) is 31.2 Å². The molecule has 1 heterocycles. The molecular weight excluding hydrogens is 368 g/mol. The molecule has 0 spiro atoms. The maximum absolute atomic E-state index is 12.3. The van der Waals surface area contributed by atoms with Crippen molar-refractivity contribution in [2.24, 2.45) is 0 Å². The molecule has 1 saturated heterocycles. The van der Waals surface area contributed by atoms with Gasteiger partial charge in [0.25, 0.3) is 0 Å². The van der Waals surface area contributed by atoms with Crippen LogP contribution in [0.4, 0.5) is 0 Å². The first kappa shape index (κ1) is 17.4. The highest BCUT2D eigenvalue weighted by atomic mass is 79.9. The monoisotopic (exact) mass is 388 g/mol. The van der Waals surface area contributed by atoms with Crippen molar-refractivity contribution in [2.45, 2.75) is 19.0 Å². The van der Waals surface area contributed by atoms with Crippen LogP contribution in [0.5, 0.6) is 0 Å². The van der Waals surface area contributed by atoms with E-state index in [2.05, 4.69) is 15.9 Å². The van der Waals surface area contributed by atoms with Gasteiger partial charge in [-0.2, -0.15) is 0 Å². The molecule has 5 nitrogen and oxygen atoms in total. The molecule has 122 valence electrons. The van der Waals surface area contributed by atoms with Gasteiger partial charge in [-0.25, -0.2) is 8.42 Å². The smallest absolute Gasteiger partial charge is 0.236 e. The lowest BCUT2D eigenvalue weighted by molar-refractivity contribution is -0.131. The lowest BCUT2D eigenvalue weighted by Gasteiger charge is -2.25. The molecule has 1 fully saturated rings. The number of likely N-dealkylation sites (N-methyl/N-ethyl adjacent to an activating group) is 2. The number of rotatable bonds is 5. The summed E-state index contributed by atoms with van der Waals surface area (Å²) in [5.74, 6) is 0.382. The summed E-state index contributed by atoms with van der Waals surface area (Å²) < 4.78 is 24.0. The molecule has 1 aromatic rings. The van der Waals surface area contributed by atoms with E-state index < -0.39 is 9.84 Å². The largest absolute Gasteiger partial charge is 0.340 e. The second-order valence-corrected chi connectivity index (χ2v) is 8.99. The lowest BCUT2D eigenvalue weighted by atomic mass is 10.2. The molecule has 22 heavy (non-hydrogen) atoms. The van der Waals surface area contributed by atoms with Crippen LogP contribution >= 0.6 is 15.9 Å². The average Bonchev–Trinajstić information content (AvgIpc) is 2.81. The molecule has 1 atom stereocenters. The predicted molar refractivity (Wildman–Crippen MR) is 90.3 cm³/mol. The summed E-state index contributed by atoms with van der Waals surface area (Å²) in [6.45, 7) is 0.788. The molecule has 0 N–H and O–H groups in total. The molecule has 1 unspecified atom stereocenters. The van der Waals surface area contributed by atoms with Gasteiger partial charge < -0.3 is 4.90 Å². The van der Waals surface area contributed by atoms with Gasteiger partial charge in [0.1, 0.15) is 0 Å². The Bertz CT molecular complexity index is 631. The first-order valence-corrected chi connectivity index (χ1v) is 9.77. The fourth-order valence-electron chi connectivity index (χ4n) is 2.54. The summed E-state index contributed by atoms with van der Waals surface area (Å²) >= 11 is 3.38. The molecule has 1 aromatic carbocycles. The van der Waals surface area contributed by atoms with Gasteiger partial charge in [0, 0.05) is 24.1 Å². The van der Waals surface area contributed by atoms with Crippen LogP contribution in [-0.4, -0.2) is 62.3 Å². The van der Waals surface area contributed by atoms with Crippen LogP contribution in [0, 0.1) is 0 Å². The van der Waals surface area contributed by atoms with Gasteiger partial charge in [0.2, 0.25) is 5.91 Å². The van der Waals surface area contributed by atoms with Crippen LogP contribution in [0.3, 0.4) is 0 Å². The number of carbonyl (C=O) groups is 1. The number of benzene rings is 1. The van der Waals surface area contributed by atoms with Crippen molar-refractivity contribution in [3.63, 3.8) is 0 Å². The number of hydrogen-bond acceptors (Lipinski definition) is 4. The molecule has 7 heteroatoms. The van der Waals surface area contributed by atoms with E-state index in [4.69, 9.17) is 0 Å². The summed E-state index contributed by atoms with van der Waals surface area (Å²) in [6.07, 6.45) is 0.614. The van der Waals surface area contributed by atoms with Crippen LogP contribution in [0.15, 0.2) is 28.7 Å². The number of carbonyl (C=O) groups excluding carboxylic acids is 1. The van der Waals surface area contributed by atoms with Gasteiger partial charge in [0.05, 0.1) is 18.1 Å². The lowest BCUT2D eigenvalue weighted by Crippen LogP contribution is -2.41. The number of hydrogen-bond donors (Lipinski definition) is 0.